The second kappa shape index (κ2) is 7.79. The average Bonchev–Trinajstić information content (AvgIpc) is 2.92. The number of hydrogen-bond donors (Lipinski definition) is 1. The zero-order chi connectivity index (χ0) is 16.4. The first kappa shape index (κ1) is 19.4. The topological polar surface area (TPSA) is 66.3 Å². The normalized spacial score (nSPS) is 12.6. The maximum Gasteiger partial charge on any atom is 0.332 e. The van der Waals surface area contributed by atoms with E-state index in [1.54, 1.807) is 13.4 Å². The molecule has 8 heteroatoms. The third-order valence-corrected chi connectivity index (χ3v) is 4.36. The fourth-order valence-electron chi connectivity index (χ4n) is 2.97. The minimum Gasteiger partial charge on any atom is -1.00 e. The van der Waals surface area contributed by atoms with E-state index < -0.39 is 0 Å². The lowest BCUT2D eigenvalue weighted by Gasteiger charge is -2.20. The highest BCUT2D eigenvalue weighted by atomic mass is 35.5. The number of hydrogen-bond acceptors (Lipinski definition) is 3. The predicted molar refractivity (Wildman–Crippen MR) is 86.3 cm³/mol. The Bertz CT molecular complexity index is 772. The van der Waals surface area contributed by atoms with Gasteiger partial charge in [-0.25, -0.2) is 9.78 Å². The van der Waals surface area contributed by atoms with Crippen molar-refractivity contribution in [2.24, 2.45) is 20.0 Å². The van der Waals surface area contributed by atoms with Crippen LogP contribution in [0.15, 0.2) is 15.9 Å². The Morgan fingerprint density at radius 1 is 1.17 bits per heavy atom. The Labute approximate surface area is 141 Å². The van der Waals surface area contributed by atoms with E-state index in [9.17, 15) is 9.59 Å². The van der Waals surface area contributed by atoms with Gasteiger partial charge in [0.05, 0.1) is 26.0 Å². The summed E-state index contributed by atoms with van der Waals surface area (Å²) >= 11 is 0. The number of aromatic nitrogens is 4. The van der Waals surface area contributed by atoms with E-state index in [0.29, 0.717) is 17.1 Å². The molecule has 2 aromatic rings. The van der Waals surface area contributed by atoms with Gasteiger partial charge in [-0.1, -0.05) is 6.92 Å². The molecule has 0 fully saturated rings. The van der Waals surface area contributed by atoms with Crippen molar-refractivity contribution >= 4 is 11.2 Å². The zero-order valence-electron chi connectivity index (χ0n) is 14.5. The highest BCUT2D eigenvalue weighted by Gasteiger charge is 2.17. The van der Waals surface area contributed by atoms with Crippen molar-refractivity contribution in [2.45, 2.75) is 27.3 Å². The van der Waals surface area contributed by atoms with Crippen LogP contribution < -0.4 is 28.6 Å². The largest absolute Gasteiger partial charge is 1.00 e. The molecule has 0 saturated carbocycles. The van der Waals surface area contributed by atoms with E-state index in [4.69, 9.17) is 0 Å². The molecule has 0 aliphatic heterocycles. The zero-order valence-corrected chi connectivity index (χ0v) is 15.2. The van der Waals surface area contributed by atoms with Crippen molar-refractivity contribution in [3.05, 3.63) is 27.2 Å². The molecule has 1 N–H and O–H groups in total. The molecule has 2 rings (SSSR count). The smallest absolute Gasteiger partial charge is 0.332 e. The molecule has 2 aromatic heterocycles. The summed E-state index contributed by atoms with van der Waals surface area (Å²) in [5.41, 5.74) is 0.336. The molecule has 0 spiro atoms. The fraction of sp³-hybridized carbons (Fsp3) is 0.667. The minimum atomic E-state index is -0.344. The van der Waals surface area contributed by atoms with Gasteiger partial charge in [-0.15, -0.1) is 0 Å². The molecular weight excluding hydrogens is 318 g/mol. The molecular formula is C15H26ClN5O2. The number of nitrogens with one attached hydrogen (secondary N) is 1. The third-order valence-electron chi connectivity index (χ3n) is 4.36. The Hall–Kier alpha value is -1.60. The van der Waals surface area contributed by atoms with Crippen molar-refractivity contribution in [3.8, 4) is 0 Å². The number of nitrogens with zero attached hydrogens (tertiary/aromatic N) is 4. The van der Waals surface area contributed by atoms with Crippen LogP contribution in [0.1, 0.15) is 20.8 Å². The van der Waals surface area contributed by atoms with Gasteiger partial charge in [0.1, 0.15) is 0 Å². The standard InChI is InChI=1S/C15H25N5O2.ClH/c1-6-19(7-2)8-11(3)9-20-10-16-13-12(20)14(21)18(5)15(22)17(13)4;/h10-11H,6-9H2,1-5H3;1H. The quantitative estimate of drug-likeness (QED) is 0.581. The summed E-state index contributed by atoms with van der Waals surface area (Å²) in [7, 11) is 3.15. The summed E-state index contributed by atoms with van der Waals surface area (Å²) in [6.45, 7) is 10.5. The predicted octanol–water partition coefficient (Wildman–Crippen LogP) is -4.00. The van der Waals surface area contributed by atoms with Crippen LogP contribution in [0.4, 0.5) is 0 Å². The summed E-state index contributed by atoms with van der Waals surface area (Å²) in [5, 5.41) is 0. The monoisotopic (exact) mass is 343 g/mol. The van der Waals surface area contributed by atoms with Crippen molar-refractivity contribution in [3.63, 3.8) is 0 Å². The molecule has 1 unspecified atom stereocenters. The van der Waals surface area contributed by atoms with Crippen LogP contribution >= 0.6 is 0 Å². The second-order valence-electron chi connectivity index (χ2n) is 6.04. The highest BCUT2D eigenvalue weighted by Crippen LogP contribution is 2.08. The first-order chi connectivity index (χ1) is 10.4. The van der Waals surface area contributed by atoms with E-state index in [1.165, 1.54) is 16.5 Å². The van der Waals surface area contributed by atoms with Crippen LogP contribution in [-0.4, -0.2) is 38.3 Å². The molecule has 7 nitrogen and oxygen atoms in total. The molecule has 130 valence electrons. The van der Waals surface area contributed by atoms with Crippen LogP contribution in [0.2, 0.25) is 0 Å². The van der Waals surface area contributed by atoms with Crippen molar-refractivity contribution < 1.29 is 17.3 Å². The fourth-order valence-corrected chi connectivity index (χ4v) is 2.97. The molecule has 2 heterocycles. The van der Waals surface area contributed by atoms with E-state index in [2.05, 4.69) is 25.8 Å². The Kier molecular flexibility index (Phi) is 6.58. The molecule has 0 aromatic carbocycles. The van der Waals surface area contributed by atoms with Crippen molar-refractivity contribution in [1.82, 2.24) is 18.7 Å². The van der Waals surface area contributed by atoms with Crippen molar-refractivity contribution in [2.75, 3.05) is 19.6 Å². The van der Waals surface area contributed by atoms with Crippen LogP contribution in [0.3, 0.4) is 0 Å². The van der Waals surface area contributed by atoms with Gasteiger partial charge in [0.2, 0.25) is 0 Å². The first-order valence-electron chi connectivity index (χ1n) is 7.85. The molecule has 23 heavy (non-hydrogen) atoms. The van der Waals surface area contributed by atoms with Gasteiger partial charge in [-0.3, -0.25) is 13.9 Å². The summed E-state index contributed by atoms with van der Waals surface area (Å²) in [4.78, 5) is 30.1. The minimum absolute atomic E-state index is 0. The van der Waals surface area contributed by atoms with Crippen molar-refractivity contribution in [1.29, 1.82) is 0 Å². The van der Waals surface area contributed by atoms with Gasteiger partial charge < -0.3 is 21.9 Å². The number of imidazole rings is 1. The van der Waals surface area contributed by atoms with Gasteiger partial charge in [-0.05, 0) is 13.8 Å². The van der Waals surface area contributed by atoms with E-state index in [0.717, 1.165) is 30.7 Å². The number of fused-ring (bicyclic) bond motifs is 1. The van der Waals surface area contributed by atoms with E-state index in [-0.39, 0.29) is 23.7 Å². The summed E-state index contributed by atoms with van der Waals surface area (Å²) < 4.78 is 4.44. The molecule has 0 aliphatic carbocycles. The lowest BCUT2D eigenvalue weighted by molar-refractivity contribution is -0.899. The van der Waals surface area contributed by atoms with Gasteiger partial charge in [0, 0.05) is 26.6 Å². The molecule has 1 atom stereocenters. The van der Waals surface area contributed by atoms with Gasteiger partial charge in [0.15, 0.2) is 11.2 Å². The van der Waals surface area contributed by atoms with Gasteiger partial charge in [0.25, 0.3) is 5.56 Å². The summed E-state index contributed by atoms with van der Waals surface area (Å²) in [6.07, 6.45) is 1.67. The number of halogens is 1. The highest BCUT2D eigenvalue weighted by molar-refractivity contribution is 5.69. The third kappa shape index (κ3) is 3.67. The van der Waals surface area contributed by atoms with E-state index in [1.807, 2.05) is 4.57 Å². The first-order valence-corrected chi connectivity index (χ1v) is 7.85. The molecule has 0 amide bonds. The Morgan fingerprint density at radius 2 is 1.78 bits per heavy atom. The van der Waals surface area contributed by atoms with Gasteiger partial charge in [-0.2, -0.15) is 0 Å². The maximum absolute atomic E-state index is 12.4. The van der Waals surface area contributed by atoms with Crippen LogP contribution in [0, 0.1) is 5.92 Å². The Balaban J connectivity index is 0.00000264. The number of quaternary nitrogens is 1. The van der Waals surface area contributed by atoms with E-state index >= 15 is 0 Å². The van der Waals surface area contributed by atoms with Crippen LogP contribution in [-0.2, 0) is 20.6 Å². The van der Waals surface area contributed by atoms with Gasteiger partial charge >= 0.3 is 5.69 Å². The number of aryl methyl sites for hydroxylation is 1. The summed E-state index contributed by atoms with van der Waals surface area (Å²) in [6, 6.07) is 0. The van der Waals surface area contributed by atoms with Crippen LogP contribution in [0.5, 0.6) is 0 Å². The summed E-state index contributed by atoms with van der Waals surface area (Å²) in [5.74, 6) is 0.425. The molecule has 0 aliphatic rings. The lowest BCUT2D eigenvalue weighted by Crippen LogP contribution is -3.12. The second-order valence-corrected chi connectivity index (χ2v) is 6.04. The molecule has 0 bridgehead atoms. The molecule has 0 radical (unpaired) electrons. The van der Waals surface area contributed by atoms with Crippen LogP contribution in [0.25, 0.3) is 11.2 Å². The maximum atomic E-state index is 12.4. The lowest BCUT2D eigenvalue weighted by atomic mass is 10.1. The number of rotatable bonds is 6. The SMILES string of the molecule is CC[NH+](CC)CC(C)Cn1cnc2c1c(=O)n(C)c(=O)n2C.[Cl-]. The molecule has 0 saturated heterocycles. The Morgan fingerprint density at radius 3 is 2.35 bits per heavy atom. The average molecular weight is 344 g/mol.